The number of nitrogens with one attached hydrogen (secondary N) is 3. The van der Waals surface area contributed by atoms with Crippen molar-refractivity contribution in [2.75, 3.05) is 42.5 Å². The minimum atomic E-state index is -1.38. The molecular formula is C20H22FN7O4S. The fraction of sp³-hybridized carbons (Fsp3) is 0.200. The number of aromatic nitrogens is 3. The Morgan fingerprint density at radius 3 is 2.48 bits per heavy atom. The van der Waals surface area contributed by atoms with Gasteiger partial charge in [0, 0.05) is 18.3 Å². The third kappa shape index (κ3) is 5.97. The van der Waals surface area contributed by atoms with Crippen LogP contribution in [0.4, 0.5) is 33.2 Å². The van der Waals surface area contributed by atoms with E-state index in [1.54, 1.807) is 25.2 Å². The van der Waals surface area contributed by atoms with Crippen LogP contribution in [0, 0.1) is 5.82 Å². The Kier molecular flexibility index (Phi) is 7.82. The lowest BCUT2D eigenvalue weighted by Crippen LogP contribution is -2.27. The number of ether oxygens (including phenoxy) is 1. The van der Waals surface area contributed by atoms with Gasteiger partial charge in [0.2, 0.25) is 5.88 Å². The minimum Gasteiger partial charge on any atom is -0.593 e. The minimum absolute atomic E-state index is 0.163. The summed E-state index contributed by atoms with van der Waals surface area (Å²) in [5, 5.41) is 6.07. The maximum absolute atomic E-state index is 13.1. The zero-order chi connectivity index (χ0) is 24.0. The third-order valence-electron chi connectivity index (χ3n) is 4.34. The third-order valence-corrected chi connectivity index (χ3v) is 5.28. The highest BCUT2D eigenvalue weighted by Crippen LogP contribution is 2.32. The van der Waals surface area contributed by atoms with E-state index in [0.29, 0.717) is 34.7 Å². The molecule has 11 nitrogen and oxygen atoms in total. The highest BCUT2D eigenvalue weighted by atomic mass is 32.2. The number of halogens is 1. The molecule has 1 atom stereocenters. The summed E-state index contributed by atoms with van der Waals surface area (Å²) in [6.45, 7) is 0. The highest BCUT2D eigenvalue weighted by Gasteiger charge is 2.21. The highest BCUT2D eigenvalue weighted by molar-refractivity contribution is 7.92. The first-order valence-corrected chi connectivity index (χ1v) is 10.9. The molecule has 3 heterocycles. The molecule has 3 N–H and O–H groups in total. The van der Waals surface area contributed by atoms with Crippen LogP contribution in [0.15, 0.2) is 42.7 Å². The lowest BCUT2D eigenvalue weighted by molar-refractivity contribution is 0.0538. The van der Waals surface area contributed by atoms with E-state index < -0.39 is 23.1 Å². The van der Waals surface area contributed by atoms with Crippen molar-refractivity contribution in [1.82, 2.24) is 20.4 Å². The number of carbonyl (C=O) groups is 1. The average molecular weight is 476 g/mol. The summed E-state index contributed by atoms with van der Waals surface area (Å²) < 4.78 is 31.9. The second-order valence-corrected chi connectivity index (χ2v) is 7.90. The topological polar surface area (TPSA) is 137 Å². The lowest BCUT2D eigenvalue weighted by atomic mass is 10.2. The number of amides is 1. The van der Waals surface area contributed by atoms with E-state index in [4.69, 9.17) is 9.57 Å². The first-order valence-electron chi connectivity index (χ1n) is 9.43. The van der Waals surface area contributed by atoms with Crippen molar-refractivity contribution in [3.63, 3.8) is 0 Å². The van der Waals surface area contributed by atoms with Crippen LogP contribution in [0.5, 0.6) is 5.88 Å². The Morgan fingerprint density at radius 2 is 1.85 bits per heavy atom. The van der Waals surface area contributed by atoms with Gasteiger partial charge in [-0.3, -0.25) is 9.63 Å². The zero-order valence-electron chi connectivity index (χ0n) is 18.2. The number of hydrogen-bond acceptors (Lipinski definition) is 10. The Hall–Kier alpha value is -3.68. The summed E-state index contributed by atoms with van der Waals surface area (Å²) in [5.41, 5.74) is 3.21. The van der Waals surface area contributed by atoms with E-state index >= 15 is 0 Å². The molecule has 0 fully saturated rings. The van der Waals surface area contributed by atoms with E-state index in [9.17, 15) is 13.7 Å². The number of rotatable bonds is 9. The molecule has 1 unspecified atom stereocenters. The van der Waals surface area contributed by atoms with Crippen molar-refractivity contribution >= 4 is 46.1 Å². The van der Waals surface area contributed by atoms with Gasteiger partial charge in [-0.05, 0) is 18.2 Å². The molecule has 0 saturated carbocycles. The van der Waals surface area contributed by atoms with Crippen molar-refractivity contribution in [1.29, 1.82) is 0 Å². The Labute approximate surface area is 192 Å². The van der Waals surface area contributed by atoms with Gasteiger partial charge in [0.25, 0.3) is 5.91 Å². The summed E-state index contributed by atoms with van der Waals surface area (Å²) in [5.74, 6) is 0.330. The second kappa shape index (κ2) is 10.8. The van der Waals surface area contributed by atoms with Crippen molar-refractivity contribution in [2.24, 2.45) is 0 Å². The monoisotopic (exact) mass is 475 g/mol. The molecule has 1 amide bonds. The number of nitrogens with zero attached hydrogens (tertiary/aromatic N) is 4. The quantitative estimate of drug-likeness (QED) is 0.313. The smallest absolute Gasteiger partial charge is 0.278 e. The van der Waals surface area contributed by atoms with E-state index in [1.807, 2.05) is 0 Å². The predicted octanol–water partition coefficient (Wildman–Crippen LogP) is 2.53. The number of methoxy groups -OCH3 is 1. The Balaban J connectivity index is 2.02. The summed E-state index contributed by atoms with van der Waals surface area (Å²) in [4.78, 5) is 29.8. The SMILES string of the molecule is CONC(=O)c1cnc(Nc2ccc(F)cn2)cc1Nc1ccc(OC)nc1N(C)[S+](C)[O-]. The largest absolute Gasteiger partial charge is 0.593 e. The van der Waals surface area contributed by atoms with Crippen LogP contribution >= 0.6 is 0 Å². The molecule has 0 saturated heterocycles. The summed E-state index contributed by atoms with van der Waals surface area (Å²) in [6.07, 6.45) is 3.91. The summed E-state index contributed by atoms with van der Waals surface area (Å²) in [7, 11) is 4.40. The van der Waals surface area contributed by atoms with Crippen LogP contribution < -0.4 is 25.2 Å². The van der Waals surface area contributed by atoms with Gasteiger partial charge in [-0.1, -0.05) is 0 Å². The molecule has 0 bridgehead atoms. The van der Waals surface area contributed by atoms with Crippen molar-refractivity contribution in [2.45, 2.75) is 0 Å². The van der Waals surface area contributed by atoms with Gasteiger partial charge in [0.05, 0.1) is 55.8 Å². The van der Waals surface area contributed by atoms with Crippen LogP contribution in [-0.2, 0) is 16.2 Å². The van der Waals surface area contributed by atoms with Crippen LogP contribution in [0.3, 0.4) is 0 Å². The first-order chi connectivity index (χ1) is 15.8. The molecule has 0 aliphatic carbocycles. The molecule has 3 aromatic heterocycles. The van der Waals surface area contributed by atoms with Crippen LogP contribution in [0.2, 0.25) is 0 Å². The summed E-state index contributed by atoms with van der Waals surface area (Å²) >= 11 is -1.38. The predicted molar refractivity (Wildman–Crippen MR) is 123 cm³/mol. The van der Waals surface area contributed by atoms with Gasteiger partial charge in [0.15, 0.2) is 5.82 Å². The molecule has 0 radical (unpaired) electrons. The Morgan fingerprint density at radius 1 is 1.09 bits per heavy atom. The van der Waals surface area contributed by atoms with Gasteiger partial charge in [-0.2, -0.15) is 9.29 Å². The van der Waals surface area contributed by atoms with Gasteiger partial charge >= 0.3 is 0 Å². The molecule has 3 aromatic rings. The normalized spacial score (nSPS) is 11.5. The molecule has 0 aliphatic rings. The number of anilines is 5. The van der Waals surface area contributed by atoms with Crippen LogP contribution in [0.25, 0.3) is 0 Å². The van der Waals surface area contributed by atoms with Crippen molar-refractivity contribution in [3.8, 4) is 5.88 Å². The van der Waals surface area contributed by atoms with Gasteiger partial charge in [-0.15, -0.1) is 0 Å². The molecule has 0 aromatic carbocycles. The fourth-order valence-electron chi connectivity index (χ4n) is 2.69. The molecule has 13 heteroatoms. The lowest BCUT2D eigenvalue weighted by Gasteiger charge is -2.22. The van der Waals surface area contributed by atoms with Gasteiger partial charge in [-0.25, -0.2) is 19.8 Å². The molecule has 33 heavy (non-hydrogen) atoms. The Bertz CT molecular complexity index is 1120. The maximum Gasteiger partial charge on any atom is 0.278 e. The second-order valence-electron chi connectivity index (χ2n) is 6.51. The van der Waals surface area contributed by atoms with Gasteiger partial charge < -0.3 is 19.9 Å². The summed E-state index contributed by atoms with van der Waals surface area (Å²) in [6, 6.07) is 7.57. The molecule has 174 valence electrons. The number of pyridine rings is 3. The van der Waals surface area contributed by atoms with Gasteiger partial charge in [0.1, 0.15) is 23.7 Å². The molecule has 3 rings (SSSR count). The van der Waals surface area contributed by atoms with E-state index in [2.05, 4.69) is 31.1 Å². The molecule has 0 aliphatic heterocycles. The van der Waals surface area contributed by atoms with E-state index in [0.717, 1.165) is 6.20 Å². The van der Waals surface area contributed by atoms with Crippen molar-refractivity contribution < 1.29 is 23.3 Å². The maximum atomic E-state index is 13.1. The number of hydrogen-bond donors (Lipinski definition) is 3. The van der Waals surface area contributed by atoms with Crippen LogP contribution in [0.1, 0.15) is 10.4 Å². The number of carbonyl (C=O) groups excluding carboxylic acids is 1. The van der Waals surface area contributed by atoms with E-state index in [-0.39, 0.29) is 5.56 Å². The fourth-order valence-corrected chi connectivity index (χ4v) is 3.07. The standard InChI is InChI=1S/C20H22FN7O4S/c1-28(33(4)30)19-14(6-8-18(26-19)31-2)24-15-9-17(23-11-13(15)20(29)27-32-3)25-16-7-5-12(21)10-22-16/h5-11H,1-4H3,(H,27,29)(H2,22,23,24,25). The number of hydroxylamine groups is 1. The van der Waals surface area contributed by atoms with E-state index in [1.165, 1.54) is 43.1 Å². The van der Waals surface area contributed by atoms with Crippen molar-refractivity contribution in [3.05, 3.63) is 54.1 Å². The molecule has 0 spiro atoms. The zero-order valence-corrected chi connectivity index (χ0v) is 19.1. The molecular weight excluding hydrogens is 453 g/mol. The average Bonchev–Trinajstić information content (AvgIpc) is 2.80. The first kappa shape index (κ1) is 24.0. The van der Waals surface area contributed by atoms with Crippen LogP contribution in [-0.4, -0.2) is 52.9 Å².